The van der Waals surface area contributed by atoms with Gasteiger partial charge in [-0.15, -0.1) is 0 Å². The first-order chi connectivity index (χ1) is 12.3. The minimum absolute atomic E-state index is 0.0419. The number of nitrogens with one attached hydrogen (secondary N) is 1. The Hall–Kier alpha value is -2.82. The van der Waals surface area contributed by atoms with E-state index in [1.807, 2.05) is 47.0 Å². The third-order valence-corrected chi connectivity index (χ3v) is 4.64. The fourth-order valence-electron chi connectivity index (χ4n) is 3.25. The fourth-order valence-corrected chi connectivity index (χ4v) is 3.25. The number of fused-ring (bicyclic) bond motifs is 2. The molecular weight excluding hydrogens is 314 g/mol. The molecule has 5 heteroatoms. The molecule has 1 aliphatic rings. The Bertz CT molecular complexity index is 887. The van der Waals surface area contributed by atoms with Crippen LogP contribution >= 0.6 is 0 Å². The van der Waals surface area contributed by atoms with Crippen LogP contribution < -0.4 is 10.1 Å². The molecule has 1 aromatic heterocycles. The predicted molar refractivity (Wildman–Crippen MR) is 96.5 cm³/mol. The maximum absolute atomic E-state index is 12.2. The van der Waals surface area contributed by atoms with E-state index in [1.54, 1.807) is 6.33 Å². The monoisotopic (exact) mass is 335 g/mol. The van der Waals surface area contributed by atoms with Crippen molar-refractivity contribution in [1.29, 1.82) is 0 Å². The van der Waals surface area contributed by atoms with Crippen molar-refractivity contribution >= 4 is 16.9 Å². The van der Waals surface area contributed by atoms with E-state index in [0.29, 0.717) is 19.5 Å². The molecule has 0 saturated heterocycles. The van der Waals surface area contributed by atoms with Gasteiger partial charge < -0.3 is 14.6 Å². The van der Waals surface area contributed by atoms with Gasteiger partial charge in [0.25, 0.3) is 0 Å². The van der Waals surface area contributed by atoms with E-state index in [9.17, 15) is 4.79 Å². The molecule has 0 spiro atoms. The van der Waals surface area contributed by atoms with Crippen LogP contribution in [0.3, 0.4) is 0 Å². The van der Waals surface area contributed by atoms with Crippen molar-refractivity contribution in [2.45, 2.75) is 31.9 Å². The lowest BCUT2D eigenvalue weighted by Crippen LogP contribution is -2.37. The van der Waals surface area contributed by atoms with Crippen LogP contribution in [0.4, 0.5) is 0 Å². The van der Waals surface area contributed by atoms with E-state index in [1.165, 1.54) is 5.56 Å². The first-order valence-electron chi connectivity index (χ1n) is 8.71. The summed E-state index contributed by atoms with van der Waals surface area (Å²) < 4.78 is 7.98. The molecule has 1 amide bonds. The number of nitrogens with zero attached hydrogens (tertiary/aromatic N) is 2. The molecule has 128 valence electrons. The summed E-state index contributed by atoms with van der Waals surface area (Å²) >= 11 is 0. The zero-order chi connectivity index (χ0) is 17.1. The molecule has 1 aliphatic heterocycles. The van der Waals surface area contributed by atoms with Crippen LogP contribution in [0.1, 0.15) is 18.4 Å². The number of aryl methyl sites for hydroxylation is 2. The standard InChI is InChI=1S/C20H21N3O2/c24-20(11-12-23-14-22-17-6-2-3-7-18(17)23)21-13-16-10-9-15-5-1-4-8-19(15)25-16/h1-8,14,16H,9-13H2,(H,21,24)/t16-/m1/s1. The average molecular weight is 335 g/mol. The van der Waals surface area contributed by atoms with Crippen molar-refractivity contribution in [3.63, 3.8) is 0 Å². The van der Waals surface area contributed by atoms with Gasteiger partial charge in [-0.1, -0.05) is 30.3 Å². The molecule has 0 unspecified atom stereocenters. The zero-order valence-corrected chi connectivity index (χ0v) is 14.0. The summed E-state index contributed by atoms with van der Waals surface area (Å²) in [6.07, 6.45) is 4.21. The van der Waals surface area contributed by atoms with Crippen LogP contribution in [0.5, 0.6) is 5.75 Å². The number of hydrogen-bond acceptors (Lipinski definition) is 3. The summed E-state index contributed by atoms with van der Waals surface area (Å²) in [5, 5.41) is 3.00. The smallest absolute Gasteiger partial charge is 0.221 e. The van der Waals surface area contributed by atoms with Crippen molar-refractivity contribution in [2.75, 3.05) is 6.54 Å². The summed E-state index contributed by atoms with van der Waals surface area (Å²) in [5.41, 5.74) is 3.26. The Morgan fingerprint density at radius 2 is 2.04 bits per heavy atom. The molecule has 2 heterocycles. The van der Waals surface area contributed by atoms with Crippen LogP contribution in [0.15, 0.2) is 54.9 Å². The van der Waals surface area contributed by atoms with Gasteiger partial charge in [0.05, 0.1) is 23.9 Å². The summed E-state index contributed by atoms with van der Waals surface area (Å²) in [6.45, 7) is 1.18. The third kappa shape index (κ3) is 3.50. The number of hydrogen-bond donors (Lipinski definition) is 1. The van der Waals surface area contributed by atoms with E-state index in [2.05, 4.69) is 16.4 Å². The molecule has 5 nitrogen and oxygen atoms in total. The summed E-state index contributed by atoms with van der Waals surface area (Å²) in [4.78, 5) is 16.5. The Balaban J connectivity index is 1.27. The maximum Gasteiger partial charge on any atom is 0.221 e. The first-order valence-corrected chi connectivity index (χ1v) is 8.71. The molecule has 0 radical (unpaired) electrons. The van der Waals surface area contributed by atoms with Crippen molar-refractivity contribution < 1.29 is 9.53 Å². The normalized spacial score (nSPS) is 16.2. The molecule has 0 fully saturated rings. The first kappa shape index (κ1) is 15.7. The number of carbonyl (C=O) groups is 1. The van der Waals surface area contributed by atoms with E-state index in [4.69, 9.17) is 4.74 Å². The molecule has 3 aromatic rings. The summed E-state index contributed by atoms with van der Waals surface area (Å²) in [7, 11) is 0. The quantitative estimate of drug-likeness (QED) is 0.780. The van der Waals surface area contributed by atoms with Gasteiger partial charge in [-0.05, 0) is 36.6 Å². The molecule has 0 bridgehead atoms. The Kier molecular flexibility index (Phi) is 4.37. The van der Waals surface area contributed by atoms with Gasteiger partial charge in [0.1, 0.15) is 11.9 Å². The highest BCUT2D eigenvalue weighted by molar-refractivity contribution is 5.77. The molecular formula is C20H21N3O2. The molecule has 1 N–H and O–H groups in total. The lowest BCUT2D eigenvalue weighted by atomic mass is 10.0. The number of amides is 1. The average Bonchev–Trinajstić information content (AvgIpc) is 3.08. The molecule has 1 atom stereocenters. The van der Waals surface area contributed by atoms with Crippen LogP contribution in [0.25, 0.3) is 11.0 Å². The summed E-state index contributed by atoms with van der Waals surface area (Å²) in [5.74, 6) is 0.984. The van der Waals surface area contributed by atoms with Gasteiger partial charge in [-0.25, -0.2) is 4.98 Å². The topological polar surface area (TPSA) is 56.2 Å². The van der Waals surface area contributed by atoms with Gasteiger partial charge in [0, 0.05) is 13.0 Å². The Morgan fingerprint density at radius 3 is 3.00 bits per heavy atom. The van der Waals surface area contributed by atoms with Crippen molar-refractivity contribution in [3.05, 3.63) is 60.4 Å². The lowest BCUT2D eigenvalue weighted by Gasteiger charge is -2.26. The second kappa shape index (κ2) is 6.97. The highest BCUT2D eigenvalue weighted by atomic mass is 16.5. The second-order valence-corrected chi connectivity index (χ2v) is 6.37. The molecule has 2 aromatic carbocycles. The van der Waals surface area contributed by atoms with Gasteiger partial charge in [-0.2, -0.15) is 0 Å². The Morgan fingerprint density at radius 1 is 1.20 bits per heavy atom. The molecule has 0 saturated carbocycles. The van der Waals surface area contributed by atoms with Crippen molar-refractivity contribution in [1.82, 2.24) is 14.9 Å². The highest BCUT2D eigenvalue weighted by Gasteiger charge is 2.19. The summed E-state index contributed by atoms with van der Waals surface area (Å²) in [6, 6.07) is 16.1. The van der Waals surface area contributed by atoms with Crippen molar-refractivity contribution in [3.8, 4) is 5.75 Å². The zero-order valence-electron chi connectivity index (χ0n) is 14.0. The Labute approximate surface area is 146 Å². The van der Waals surface area contributed by atoms with Crippen molar-refractivity contribution in [2.24, 2.45) is 0 Å². The van der Waals surface area contributed by atoms with Gasteiger partial charge in [0.2, 0.25) is 5.91 Å². The highest BCUT2D eigenvalue weighted by Crippen LogP contribution is 2.26. The second-order valence-electron chi connectivity index (χ2n) is 6.37. The van der Waals surface area contributed by atoms with Gasteiger partial charge >= 0.3 is 0 Å². The van der Waals surface area contributed by atoms with Crippen LogP contribution in [-0.2, 0) is 17.8 Å². The number of rotatable bonds is 5. The molecule has 25 heavy (non-hydrogen) atoms. The predicted octanol–water partition coefficient (Wildman–Crippen LogP) is 2.94. The number of aromatic nitrogens is 2. The van der Waals surface area contributed by atoms with Crippen LogP contribution in [0.2, 0.25) is 0 Å². The van der Waals surface area contributed by atoms with E-state index < -0.39 is 0 Å². The number of para-hydroxylation sites is 3. The molecule has 0 aliphatic carbocycles. The van der Waals surface area contributed by atoms with E-state index in [0.717, 1.165) is 29.6 Å². The number of imidazole rings is 1. The van der Waals surface area contributed by atoms with E-state index >= 15 is 0 Å². The SMILES string of the molecule is O=C(CCn1cnc2ccccc21)NC[C@H]1CCc2ccccc2O1. The lowest BCUT2D eigenvalue weighted by molar-refractivity contribution is -0.121. The maximum atomic E-state index is 12.2. The number of carbonyl (C=O) groups excluding carboxylic acids is 1. The fraction of sp³-hybridized carbons (Fsp3) is 0.300. The van der Waals surface area contributed by atoms with Gasteiger partial charge in [-0.3, -0.25) is 4.79 Å². The minimum atomic E-state index is 0.0419. The van der Waals surface area contributed by atoms with Crippen LogP contribution in [0, 0.1) is 0 Å². The van der Waals surface area contributed by atoms with E-state index in [-0.39, 0.29) is 12.0 Å². The number of benzene rings is 2. The largest absolute Gasteiger partial charge is 0.488 e. The molecule has 4 rings (SSSR count). The minimum Gasteiger partial charge on any atom is -0.488 e. The third-order valence-electron chi connectivity index (χ3n) is 4.64. The van der Waals surface area contributed by atoms with Crippen LogP contribution in [-0.4, -0.2) is 28.1 Å². The van der Waals surface area contributed by atoms with Gasteiger partial charge in [0.15, 0.2) is 0 Å². The number of ether oxygens (including phenoxy) is 1.